The molecule has 0 bridgehead atoms. The van der Waals surface area contributed by atoms with Gasteiger partial charge in [-0.15, -0.1) is 0 Å². The third kappa shape index (κ3) is 5.35. The van der Waals surface area contributed by atoms with Crippen molar-refractivity contribution in [2.75, 3.05) is 24.1 Å². The van der Waals surface area contributed by atoms with E-state index in [-0.39, 0.29) is 29.1 Å². The number of nitrogens with one attached hydrogen (secondary N) is 1. The van der Waals surface area contributed by atoms with Gasteiger partial charge in [0.1, 0.15) is 22.7 Å². The van der Waals surface area contributed by atoms with Crippen LogP contribution in [0.2, 0.25) is 0 Å². The number of ketones is 1. The number of likely N-dealkylation sites (tertiary alicyclic amines) is 1. The summed E-state index contributed by atoms with van der Waals surface area (Å²) in [5.74, 6) is -1.57. The zero-order valence-electron chi connectivity index (χ0n) is 19.2. The number of hydrogen-bond acceptors (Lipinski definition) is 6. The van der Waals surface area contributed by atoms with Gasteiger partial charge in [0.05, 0.1) is 12.0 Å². The van der Waals surface area contributed by atoms with E-state index in [0.29, 0.717) is 24.6 Å². The van der Waals surface area contributed by atoms with Crippen molar-refractivity contribution in [3.8, 4) is 0 Å². The van der Waals surface area contributed by atoms with Gasteiger partial charge >= 0.3 is 0 Å². The number of nitrogens with two attached hydrogens (primary N) is 1. The number of aromatic nitrogens is 1. The van der Waals surface area contributed by atoms with E-state index in [1.165, 1.54) is 6.08 Å². The van der Waals surface area contributed by atoms with Crippen LogP contribution in [0.5, 0.6) is 0 Å². The molecule has 6 nitrogen and oxygen atoms in total. The number of alkyl halides is 1. The van der Waals surface area contributed by atoms with Gasteiger partial charge in [-0.2, -0.15) is 0 Å². The summed E-state index contributed by atoms with van der Waals surface area (Å²) in [4.78, 5) is 31.6. The summed E-state index contributed by atoms with van der Waals surface area (Å²) >= 11 is 1.00. The number of nitrogen functional groups attached to an aromatic ring is 1. The molecule has 1 aromatic carbocycles. The molecule has 1 amide bonds. The van der Waals surface area contributed by atoms with Gasteiger partial charge in [0.15, 0.2) is 5.13 Å². The molecule has 9 heteroatoms. The van der Waals surface area contributed by atoms with Crippen LogP contribution in [-0.2, 0) is 11.2 Å². The van der Waals surface area contributed by atoms with Crippen LogP contribution in [0.15, 0.2) is 41.8 Å². The molecular formula is C25H28F2N4O2S. The van der Waals surface area contributed by atoms with Crippen molar-refractivity contribution in [1.29, 1.82) is 0 Å². The van der Waals surface area contributed by atoms with E-state index in [1.807, 2.05) is 30.9 Å². The number of piperidine rings is 1. The molecule has 2 heterocycles. The van der Waals surface area contributed by atoms with Crippen molar-refractivity contribution < 1.29 is 18.4 Å². The Hall–Kier alpha value is -3.07. The number of benzene rings is 1. The van der Waals surface area contributed by atoms with E-state index in [1.54, 1.807) is 0 Å². The number of rotatable bonds is 6. The first-order valence-corrected chi connectivity index (χ1v) is 12.2. The molecule has 1 aromatic heterocycles. The zero-order chi connectivity index (χ0) is 24.4. The lowest BCUT2D eigenvalue weighted by Crippen LogP contribution is -2.43. The lowest BCUT2D eigenvalue weighted by molar-refractivity contribution is -0.131. The molecule has 1 aliphatic heterocycles. The van der Waals surface area contributed by atoms with E-state index < -0.39 is 23.4 Å². The van der Waals surface area contributed by atoms with Crippen molar-refractivity contribution >= 4 is 34.0 Å². The molecule has 2 aliphatic rings. The molecule has 1 atom stereocenters. The van der Waals surface area contributed by atoms with E-state index in [2.05, 4.69) is 16.4 Å². The first kappa shape index (κ1) is 24.1. The molecule has 180 valence electrons. The van der Waals surface area contributed by atoms with Gasteiger partial charge in [-0.05, 0) is 38.3 Å². The summed E-state index contributed by atoms with van der Waals surface area (Å²) in [6.07, 6.45) is 2.55. The molecule has 1 saturated heterocycles. The Morgan fingerprint density at radius 3 is 2.53 bits per heavy atom. The molecule has 0 radical (unpaired) electrons. The number of nitrogens with zero attached hydrogens (tertiary/aromatic N) is 2. The van der Waals surface area contributed by atoms with Gasteiger partial charge in [-0.25, -0.2) is 13.8 Å². The summed E-state index contributed by atoms with van der Waals surface area (Å²) in [5, 5.41) is 3.70. The SMILES string of the molecule is Cc1cc(C)cc(CC(=O)N2CCC(Nc3nc(N)c(C(=O)C4=C(F)C=CCC4F)s3)CC2)c1. The molecule has 0 spiro atoms. The number of amides is 1. The minimum Gasteiger partial charge on any atom is -0.382 e. The highest BCUT2D eigenvalue weighted by atomic mass is 32.1. The number of carbonyl (C=O) groups is 2. The number of halogens is 2. The second-order valence-electron chi connectivity index (χ2n) is 8.90. The third-order valence-corrected chi connectivity index (χ3v) is 7.10. The summed E-state index contributed by atoms with van der Waals surface area (Å²) in [5.41, 5.74) is 8.71. The molecule has 2 aromatic rings. The van der Waals surface area contributed by atoms with Gasteiger partial charge in [0.2, 0.25) is 11.7 Å². The van der Waals surface area contributed by atoms with Crippen LogP contribution in [0.4, 0.5) is 19.7 Å². The maximum Gasteiger partial charge on any atom is 0.226 e. The number of hydrogen-bond donors (Lipinski definition) is 2. The van der Waals surface area contributed by atoms with Gasteiger partial charge in [0, 0.05) is 25.6 Å². The van der Waals surface area contributed by atoms with Gasteiger partial charge in [-0.3, -0.25) is 9.59 Å². The molecule has 4 rings (SSSR count). The van der Waals surface area contributed by atoms with E-state index >= 15 is 0 Å². The van der Waals surface area contributed by atoms with Crippen molar-refractivity contribution in [1.82, 2.24) is 9.88 Å². The molecule has 1 unspecified atom stereocenters. The van der Waals surface area contributed by atoms with Gasteiger partial charge in [0.25, 0.3) is 0 Å². The minimum absolute atomic E-state index is 0.0339. The molecule has 1 fully saturated rings. The third-order valence-electron chi connectivity index (χ3n) is 6.09. The van der Waals surface area contributed by atoms with E-state index in [0.717, 1.165) is 46.9 Å². The van der Waals surface area contributed by atoms with Crippen LogP contribution in [0.3, 0.4) is 0 Å². The van der Waals surface area contributed by atoms with Crippen molar-refractivity contribution in [3.05, 3.63) is 63.3 Å². The number of aryl methyl sites for hydroxylation is 2. The molecular weight excluding hydrogens is 458 g/mol. The Bertz CT molecular complexity index is 1150. The fourth-order valence-corrected chi connectivity index (χ4v) is 5.40. The predicted molar refractivity (Wildman–Crippen MR) is 130 cm³/mol. The largest absolute Gasteiger partial charge is 0.382 e. The highest BCUT2D eigenvalue weighted by Gasteiger charge is 2.31. The lowest BCUT2D eigenvalue weighted by Gasteiger charge is -2.32. The number of anilines is 2. The second-order valence-corrected chi connectivity index (χ2v) is 9.90. The first-order chi connectivity index (χ1) is 16.2. The minimum atomic E-state index is -1.69. The predicted octanol–water partition coefficient (Wildman–Crippen LogP) is 4.69. The number of allylic oxidation sites excluding steroid dienone is 4. The highest BCUT2D eigenvalue weighted by Crippen LogP contribution is 2.33. The molecule has 0 saturated carbocycles. The maximum absolute atomic E-state index is 14.2. The van der Waals surface area contributed by atoms with Crippen LogP contribution in [0.25, 0.3) is 0 Å². The monoisotopic (exact) mass is 486 g/mol. The summed E-state index contributed by atoms with van der Waals surface area (Å²) in [7, 11) is 0. The first-order valence-electron chi connectivity index (χ1n) is 11.3. The second kappa shape index (κ2) is 10.0. The Morgan fingerprint density at radius 1 is 1.21 bits per heavy atom. The van der Waals surface area contributed by atoms with Gasteiger partial charge < -0.3 is 16.0 Å². The normalized spacial score (nSPS) is 18.9. The highest BCUT2D eigenvalue weighted by molar-refractivity contribution is 7.18. The fraction of sp³-hybridized carbons (Fsp3) is 0.400. The smallest absolute Gasteiger partial charge is 0.226 e. The fourth-order valence-electron chi connectivity index (χ4n) is 4.48. The summed E-state index contributed by atoms with van der Waals surface area (Å²) < 4.78 is 28.2. The topological polar surface area (TPSA) is 88.3 Å². The van der Waals surface area contributed by atoms with Crippen molar-refractivity contribution in [2.45, 2.75) is 51.7 Å². The van der Waals surface area contributed by atoms with Crippen molar-refractivity contribution in [2.24, 2.45) is 0 Å². The van der Waals surface area contributed by atoms with E-state index in [4.69, 9.17) is 5.73 Å². The number of Topliss-reactive ketones (excluding diaryl/α,β-unsaturated/α-hetero) is 1. The quantitative estimate of drug-likeness (QED) is 0.579. The van der Waals surface area contributed by atoms with Crippen LogP contribution >= 0.6 is 11.3 Å². The molecule has 1 aliphatic carbocycles. The van der Waals surface area contributed by atoms with Crippen molar-refractivity contribution in [3.63, 3.8) is 0 Å². The Labute approximate surface area is 201 Å². The van der Waals surface area contributed by atoms with E-state index in [9.17, 15) is 18.4 Å². The van der Waals surface area contributed by atoms with Crippen LogP contribution in [-0.4, -0.2) is 46.9 Å². The average molecular weight is 487 g/mol. The molecule has 3 N–H and O–H groups in total. The number of carbonyl (C=O) groups excluding carboxylic acids is 2. The van der Waals surface area contributed by atoms with Crippen LogP contribution < -0.4 is 11.1 Å². The lowest BCUT2D eigenvalue weighted by atomic mass is 9.97. The van der Waals surface area contributed by atoms with Crippen LogP contribution in [0, 0.1) is 13.8 Å². The average Bonchev–Trinajstić information content (AvgIpc) is 3.13. The molecule has 34 heavy (non-hydrogen) atoms. The number of thiazole rings is 1. The van der Waals surface area contributed by atoms with Crippen LogP contribution in [0.1, 0.15) is 45.6 Å². The Morgan fingerprint density at radius 2 is 1.88 bits per heavy atom. The summed E-state index contributed by atoms with van der Waals surface area (Å²) in [6, 6.07) is 6.23. The Kier molecular flexibility index (Phi) is 7.11. The maximum atomic E-state index is 14.2. The zero-order valence-corrected chi connectivity index (χ0v) is 20.1. The summed E-state index contributed by atoms with van der Waals surface area (Å²) in [6.45, 7) is 5.28. The van der Waals surface area contributed by atoms with Gasteiger partial charge in [-0.1, -0.05) is 46.7 Å². The standard InChI is InChI=1S/C25H28F2N4O2S/c1-14-10-15(2)12-16(11-14)13-20(32)31-8-6-17(7-9-31)29-25-30-24(28)23(34-25)22(33)21-18(26)4-3-5-19(21)27/h3-4,10-12,17,19H,5-9,13,28H2,1-2H3,(H,29,30). The Balaban J connectivity index is 1.34.